The van der Waals surface area contributed by atoms with Gasteiger partial charge in [-0.1, -0.05) is 0 Å². The van der Waals surface area contributed by atoms with E-state index in [0.29, 0.717) is 6.54 Å². The lowest BCUT2D eigenvalue weighted by molar-refractivity contribution is 0.138. The SMILES string of the molecule is CC(C)(C)O[B]CCN. The number of hydrogen-bond acceptors (Lipinski definition) is 2. The van der Waals surface area contributed by atoms with Crippen LogP contribution in [0.5, 0.6) is 0 Å². The van der Waals surface area contributed by atoms with Crippen LogP contribution in [0.25, 0.3) is 0 Å². The molecule has 0 saturated carbocycles. The van der Waals surface area contributed by atoms with Gasteiger partial charge >= 0.3 is 0 Å². The summed E-state index contributed by atoms with van der Waals surface area (Å²) in [4.78, 5) is 0. The Labute approximate surface area is 58.0 Å². The van der Waals surface area contributed by atoms with Crippen molar-refractivity contribution in [1.29, 1.82) is 0 Å². The Hall–Kier alpha value is -0.0151. The first-order chi connectivity index (χ1) is 4.06. The smallest absolute Gasteiger partial charge is 0.294 e. The van der Waals surface area contributed by atoms with E-state index in [9.17, 15) is 0 Å². The maximum absolute atomic E-state index is 5.26. The zero-order valence-electron chi connectivity index (χ0n) is 6.48. The lowest BCUT2D eigenvalue weighted by Gasteiger charge is -2.18. The van der Waals surface area contributed by atoms with Gasteiger partial charge in [0.25, 0.3) is 7.48 Å². The van der Waals surface area contributed by atoms with Gasteiger partial charge in [-0.05, 0) is 33.6 Å². The van der Waals surface area contributed by atoms with Crippen LogP contribution < -0.4 is 5.73 Å². The first-order valence-corrected chi connectivity index (χ1v) is 3.26. The molecule has 0 rings (SSSR count). The van der Waals surface area contributed by atoms with Gasteiger partial charge in [0.05, 0.1) is 0 Å². The lowest BCUT2D eigenvalue weighted by atomic mass is 9.94. The normalized spacial score (nSPS) is 11.6. The summed E-state index contributed by atoms with van der Waals surface area (Å²) in [5, 5.41) is 0. The monoisotopic (exact) mass is 128 g/mol. The summed E-state index contributed by atoms with van der Waals surface area (Å²) in [6.07, 6.45) is 0.831. The summed E-state index contributed by atoms with van der Waals surface area (Å²) in [6, 6.07) is 0. The van der Waals surface area contributed by atoms with E-state index in [2.05, 4.69) is 0 Å². The highest BCUT2D eigenvalue weighted by Gasteiger charge is 2.08. The van der Waals surface area contributed by atoms with E-state index in [1.807, 2.05) is 20.8 Å². The summed E-state index contributed by atoms with van der Waals surface area (Å²) in [5.41, 5.74) is 5.19. The molecule has 0 aliphatic carbocycles. The van der Waals surface area contributed by atoms with Crippen LogP contribution in [0.1, 0.15) is 20.8 Å². The summed E-state index contributed by atoms with van der Waals surface area (Å²) in [7, 11) is 1.76. The van der Waals surface area contributed by atoms with Crippen molar-refractivity contribution in [2.75, 3.05) is 6.54 Å². The minimum Gasteiger partial charge on any atom is -0.436 e. The average Bonchev–Trinajstić information content (AvgIpc) is 1.63. The molecule has 2 N–H and O–H groups in total. The molecule has 2 nitrogen and oxygen atoms in total. The molecule has 0 atom stereocenters. The molecule has 53 valence electrons. The summed E-state index contributed by atoms with van der Waals surface area (Å²) < 4.78 is 5.26. The fraction of sp³-hybridized carbons (Fsp3) is 1.00. The third-order valence-corrected chi connectivity index (χ3v) is 0.721. The van der Waals surface area contributed by atoms with Crippen LogP contribution in [0.3, 0.4) is 0 Å². The Morgan fingerprint density at radius 2 is 2.00 bits per heavy atom. The maximum atomic E-state index is 5.26. The second-order valence-corrected chi connectivity index (χ2v) is 2.97. The quantitative estimate of drug-likeness (QED) is 0.450. The second-order valence-electron chi connectivity index (χ2n) is 2.97. The van der Waals surface area contributed by atoms with E-state index in [-0.39, 0.29) is 5.60 Å². The highest BCUT2D eigenvalue weighted by molar-refractivity contribution is 6.27. The van der Waals surface area contributed by atoms with Crippen LogP contribution in [-0.2, 0) is 4.65 Å². The van der Waals surface area contributed by atoms with Gasteiger partial charge in [0.2, 0.25) is 0 Å². The van der Waals surface area contributed by atoms with Crippen LogP contribution in [0, 0.1) is 0 Å². The molecule has 0 saturated heterocycles. The predicted molar refractivity (Wildman–Crippen MR) is 40.5 cm³/mol. The van der Waals surface area contributed by atoms with Gasteiger partial charge in [0.15, 0.2) is 0 Å². The molecule has 3 heteroatoms. The third-order valence-electron chi connectivity index (χ3n) is 0.721. The predicted octanol–water partition coefficient (Wildman–Crippen LogP) is 0.798. The molecule has 0 heterocycles. The zero-order chi connectivity index (χ0) is 7.33. The third kappa shape index (κ3) is 7.98. The van der Waals surface area contributed by atoms with Crippen LogP contribution in [0.15, 0.2) is 0 Å². The van der Waals surface area contributed by atoms with Crippen LogP contribution in [0.4, 0.5) is 0 Å². The molecule has 0 aliphatic rings. The summed E-state index contributed by atoms with van der Waals surface area (Å²) in [5.74, 6) is 0. The lowest BCUT2D eigenvalue weighted by Crippen LogP contribution is -2.22. The Bertz CT molecular complexity index is 69.9. The van der Waals surface area contributed by atoms with Crippen molar-refractivity contribution < 1.29 is 4.65 Å². The first-order valence-electron chi connectivity index (χ1n) is 3.26. The second kappa shape index (κ2) is 3.91. The van der Waals surface area contributed by atoms with Gasteiger partial charge in [0.1, 0.15) is 0 Å². The molecule has 0 bridgehead atoms. The summed E-state index contributed by atoms with van der Waals surface area (Å²) in [6.45, 7) is 6.70. The first kappa shape index (κ1) is 8.98. The minimum absolute atomic E-state index is 0.0603. The highest BCUT2D eigenvalue weighted by Crippen LogP contribution is 2.04. The Morgan fingerprint density at radius 3 is 2.33 bits per heavy atom. The average molecular weight is 128 g/mol. The molecule has 0 fully saturated rings. The Balaban J connectivity index is 3.07. The van der Waals surface area contributed by atoms with Gasteiger partial charge in [0, 0.05) is 5.60 Å². The molecule has 0 aromatic carbocycles. The van der Waals surface area contributed by atoms with Crippen LogP contribution in [0.2, 0.25) is 6.32 Å². The molecule has 1 radical (unpaired) electrons. The van der Waals surface area contributed by atoms with Crippen LogP contribution in [-0.4, -0.2) is 19.6 Å². The van der Waals surface area contributed by atoms with E-state index in [1.165, 1.54) is 0 Å². The summed E-state index contributed by atoms with van der Waals surface area (Å²) >= 11 is 0. The molecule has 9 heavy (non-hydrogen) atoms. The molecular formula is C6H15BNO. The molecule has 0 aliphatic heterocycles. The van der Waals surface area contributed by atoms with Gasteiger partial charge in [-0.3, -0.25) is 0 Å². The van der Waals surface area contributed by atoms with Crippen molar-refractivity contribution >= 4 is 7.48 Å². The Morgan fingerprint density at radius 1 is 1.44 bits per heavy atom. The van der Waals surface area contributed by atoms with E-state index in [4.69, 9.17) is 10.4 Å². The van der Waals surface area contributed by atoms with E-state index < -0.39 is 0 Å². The maximum Gasteiger partial charge on any atom is 0.294 e. The molecule has 0 unspecified atom stereocenters. The van der Waals surface area contributed by atoms with Crippen molar-refractivity contribution in [2.24, 2.45) is 5.73 Å². The van der Waals surface area contributed by atoms with Gasteiger partial charge < -0.3 is 10.4 Å². The Kier molecular flexibility index (Phi) is 3.90. The largest absolute Gasteiger partial charge is 0.436 e. The standard InChI is InChI=1S/C6H15BNO/c1-6(2,3)9-7-4-5-8/h4-5,8H2,1-3H3. The van der Waals surface area contributed by atoms with Crippen LogP contribution >= 0.6 is 0 Å². The number of nitrogens with two attached hydrogens (primary N) is 1. The zero-order valence-corrected chi connectivity index (χ0v) is 6.48. The molecule has 0 aromatic heterocycles. The molecule has 0 spiro atoms. The van der Waals surface area contributed by atoms with Crippen molar-refractivity contribution in [3.05, 3.63) is 0 Å². The fourth-order valence-corrected chi connectivity index (χ4v) is 0.377. The van der Waals surface area contributed by atoms with Crippen molar-refractivity contribution in [1.82, 2.24) is 0 Å². The van der Waals surface area contributed by atoms with Gasteiger partial charge in [-0.15, -0.1) is 0 Å². The topological polar surface area (TPSA) is 35.2 Å². The van der Waals surface area contributed by atoms with E-state index in [0.717, 1.165) is 6.32 Å². The number of hydrogen-bond donors (Lipinski definition) is 1. The van der Waals surface area contributed by atoms with E-state index in [1.54, 1.807) is 7.48 Å². The van der Waals surface area contributed by atoms with Crippen molar-refractivity contribution in [2.45, 2.75) is 32.7 Å². The molecular weight excluding hydrogens is 113 g/mol. The van der Waals surface area contributed by atoms with E-state index >= 15 is 0 Å². The van der Waals surface area contributed by atoms with Crippen molar-refractivity contribution in [3.63, 3.8) is 0 Å². The molecule has 0 amide bonds. The number of rotatable bonds is 3. The van der Waals surface area contributed by atoms with Gasteiger partial charge in [-0.2, -0.15) is 0 Å². The highest BCUT2D eigenvalue weighted by atomic mass is 16.5. The van der Waals surface area contributed by atoms with Gasteiger partial charge in [-0.25, -0.2) is 0 Å². The van der Waals surface area contributed by atoms with Crippen molar-refractivity contribution in [3.8, 4) is 0 Å². The fourth-order valence-electron chi connectivity index (χ4n) is 0.377. The minimum atomic E-state index is -0.0603. The molecule has 0 aromatic rings.